The van der Waals surface area contributed by atoms with Gasteiger partial charge in [0, 0.05) is 11.4 Å². The summed E-state index contributed by atoms with van der Waals surface area (Å²) in [5.74, 6) is -0.0175. The van der Waals surface area contributed by atoms with Crippen molar-refractivity contribution >= 4 is 28.7 Å². The predicted octanol–water partition coefficient (Wildman–Crippen LogP) is 2.36. The monoisotopic (exact) mass is 239 g/mol. The highest BCUT2D eigenvalue weighted by molar-refractivity contribution is 6.03. The summed E-state index contributed by atoms with van der Waals surface area (Å²) in [4.78, 5) is 13.7. The molecule has 0 aromatic heterocycles. The molecule has 0 fully saturated rings. The smallest absolute Gasteiger partial charge is 0.244 e. The Morgan fingerprint density at radius 2 is 1.94 bits per heavy atom. The average molecular weight is 239 g/mol. The number of amides is 1. The van der Waals surface area contributed by atoms with Crippen molar-refractivity contribution in [1.82, 2.24) is 0 Å². The number of para-hydroxylation sites is 2. The van der Waals surface area contributed by atoms with Crippen molar-refractivity contribution in [2.24, 2.45) is 0 Å². The number of nitrogens with one attached hydrogen (secondary N) is 1. The van der Waals surface area contributed by atoms with E-state index in [1.807, 2.05) is 53.4 Å². The van der Waals surface area contributed by atoms with Gasteiger partial charge in [-0.25, -0.2) is 0 Å². The third-order valence-electron chi connectivity index (χ3n) is 2.95. The Kier molecular flexibility index (Phi) is 2.41. The van der Waals surface area contributed by atoms with Crippen molar-refractivity contribution in [3.8, 4) is 0 Å². The van der Waals surface area contributed by atoms with Crippen LogP contribution in [0.2, 0.25) is 0 Å². The maximum absolute atomic E-state index is 11.7. The topological polar surface area (TPSA) is 58.4 Å². The highest BCUT2D eigenvalue weighted by Crippen LogP contribution is 2.35. The number of carbonyl (C=O) groups is 1. The van der Waals surface area contributed by atoms with E-state index < -0.39 is 0 Å². The molecule has 18 heavy (non-hydrogen) atoms. The number of hydrogen-bond acceptors (Lipinski definition) is 3. The van der Waals surface area contributed by atoms with Crippen LogP contribution in [0.5, 0.6) is 0 Å². The van der Waals surface area contributed by atoms with Gasteiger partial charge in [-0.1, -0.05) is 18.2 Å². The molecule has 4 nitrogen and oxygen atoms in total. The molecule has 1 heterocycles. The Bertz CT molecular complexity index is 609. The van der Waals surface area contributed by atoms with E-state index in [1.54, 1.807) is 0 Å². The molecule has 1 amide bonds. The van der Waals surface area contributed by atoms with Gasteiger partial charge in [0.1, 0.15) is 6.54 Å². The molecule has 0 atom stereocenters. The van der Waals surface area contributed by atoms with Gasteiger partial charge in [-0.2, -0.15) is 0 Å². The molecule has 3 rings (SSSR count). The van der Waals surface area contributed by atoms with Crippen LogP contribution in [0.15, 0.2) is 48.5 Å². The van der Waals surface area contributed by atoms with Crippen LogP contribution < -0.4 is 16.0 Å². The van der Waals surface area contributed by atoms with Crippen LogP contribution in [0.4, 0.5) is 22.7 Å². The van der Waals surface area contributed by atoms with E-state index in [4.69, 9.17) is 5.73 Å². The molecule has 0 unspecified atom stereocenters. The number of nitrogens with two attached hydrogens (primary N) is 1. The first-order valence-corrected chi connectivity index (χ1v) is 5.76. The van der Waals surface area contributed by atoms with Gasteiger partial charge in [0.15, 0.2) is 0 Å². The minimum absolute atomic E-state index is 0.0175. The Morgan fingerprint density at radius 1 is 1.11 bits per heavy atom. The largest absolute Gasteiger partial charge is 0.399 e. The number of rotatable bonds is 1. The lowest BCUT2D eigenvalue weighted by atomic mass is 10.1. The fourth-order valence-electron chi connectivity index (χ4n) is 2.16. The molecule has 2 aromatic rings. The molecule has 2 aromatic carbocycles. The first kappa shape index (κ1) is 10.7. The zero-order valence-electron chi connectivity index (χ0n) is 9.76. The molecule has 0 saturated heterocycles. The van der Waals surface area contributed by atoms with Gasteiger partial charge in [-0.05, 0) is 30.3 Å². The van der Waals surface area contributed by atoms with Crippen LogP contribution in [0.3, 0.4) is 0 Å². The van der Waals surface area contributed by atoms with Crippen LogP contribution >= 0.6 is 0 Å². The number of nitrogens with zero attached hydrogens (tertiary/aromatic N) is 1. The van der Waals surface area contributed by atoms with Crippen LogP contribution in [0.1, 0.15) is 0 Å². The van der Waals surface area contributed by atoms with Crippen molar-refractivity contribution in [2.45, 2.75) is 0 Å². The van der Waals surface area contributed by atoms with E-state index >= 15 is 0 Å². The van der Waals surface area contributed by atoms with Gasteiger partial charge >= 0.3 is 0 Å². The number of benzene rings is 2. The van der Waals surface area contributed by atoms with Crippen molar-refractivity contribution in [1.29, 1.82) is 0 Å². The van der Waals surface area contributed by atoms with E-state index in [-0.39, 0.29) is 5.91 Å². The van der Waals surface area contributed by atoms with Crippen LogP contribution in [-0.4, -0.2) is 12.5 Å². The molecule has 0 aliphatic carbocycles. The maximum atomic E-state index is 11.7. The zero-order chi connectivity index (χ0) is 12.5. The summed E-state index contributed by atoms with van der Waals surface area (Å²) < 4.78 is 0. The van der Waals surface area contributed by atoms with E-state index in [0.717, 1.165) is 17.1 Å². The first-order chi connectivity index (χ1) is 8.74. The Morgan fingerprint density at radius 3 is 2.78 bits per heavy atom. The summed E-state index contributed by atoms with van der Waals surface area (Å²) >= 11 is 0. The number of carbonyl (C=O) groups excluding carboxylic acids is 1. The summed E-state index contributed by atoms with van der Waals surface area (Å²) in [5, 5.41) is 2.86. The van der Waals surface area contributed by atoms with Crippen molar-refractivity contribution in [3.05, 3.63) is 48.5 Å². The highest BCUT2D eigenvalue weighted by Gasteiger charge is 2.22. The van der Waals surface area contributed by atoms with Crippen molar-refractivity contribution in [3.63, 3.8) is 0 Å². The molecule has 0 saturated carbocycles. The second kappa shape index (κ2) is 4.07. The molecule has 90 valence electrons. The molecule has 4 heteroatoms. The van der Waals surface area contributed by atoms with Crippen LogP contribution in [0.25, 0.3) is 0 Å². The molecule has 0 bridgehead atoms. The Labute approximate surface area is 105 Å². The summed E-state index contributed by atoms with van der Waals surface area (Å²) in [6.45, 7) is 0.306. The van der Waals surface area contributed by atoms with E-state index in [0.29, 0.717) is 12.2 Å². The second-order valence-corrected chi connectivity index (χ2v) is 4.25. The second-order valence-electron chi connectivity index (χ2n) is 4.25. The van der Waals surface area contributed by atoms with E-state index in [2.05, 4.69) is 5.32 Å². The van der Waals surface area contributed by atoms with Gasteiger partial charge in [-0.15, -0.1) is 0 Å². The zero-order valence-corrected chi connectivity index (χ0v) is 9.76. The molecule has 1 aliphatic rings. The molecule has 0 radical (unpaired) electrons. The fraction of sp³-hybridized carbons (Fsp3) is 0.0714. The highest BCUT2D eigenvalue weighted by atomic mass is 16.2. The van der Waals surface area contributed by atoms with E-state index in [1.165, 1.54) is 0 Å². The average Bonchev–Trinajstić information content (AvgIpc) is 2.37. The summed E-state index contributed by atoms with van der Waals surface area (Å²) in [6, 6.07) is 15.3. The number of hydrogen-bond donors (Lipinski definition) is 2. The SMILES string of the molecule is Nc1cccc(N2CC(=O)Nc3ccccc32)c1. The molecule has 0 spiro atoms. The van der Waals surface area contributed by atoms with Crippen molar-refractivity contribution in [2.75, 3.05) is 22.5 Å². The van der Waals surface area contributed by atoms with Gasteiger partial charge in [-0.3, -0.25) is 4.79 Å². The summed E-state index contributed by atoms with van der Waals surface area (Å²) in [5.41, 5.74) is 9.23. The number of fused-ring (bicyclic) bond motifs is 1. The predicted molar refractivity (Wildman–Crippen MR) is 72.9 cm³/mol. The van der Waals surface area contributed by atoms with Crippen LogP contribution in [0, 0.1) is 0 Å². The van der Waals surface area contributed by atoms with Gasteiger partial charge in [0.2, 0.25) is 5.91 Å². The standard InChI is InChI=1S/C14H13N3O/c15-10-4-3-5-11(8-10)17-9-14(18)16-12-6-1-2-7-13(12)17/h1-8H,9,15H2,(H,16,18). The van der Waals surface area contributed by atoms with Crippen molar-refractivity contribution < 1.29 is 4.79 Å². The first-order valence-electron chi connectivity index (χ1n) is 5.76. The Balaban J connectivity index is 2.10. The summed E-state index contributed by atoms with van der Waals surface area (Å²) in [6.07, 6.45) is 0. The normalized spacial score (nSPS) is 14.0. The lowest BCUT2D eigenvalue weighted by Gasteiger charge is -2.31. The molecule has 1 aliphatic heterocycles. The third-order valence-corrected chi connectivity index (χ3v) is 2.95. The maximum Gasteiger partial charge on any atom is 0.244 e. The molecule has 3 N–H and O–H groups in total. The third kappa shape index (κ3) is 1.78. The summed E-state index contributed by atoms with van der Waals surface area (Å²) in [7, 11) is 0. The molecular weight excluding hydrogens is 226 g/mol. The lowest BCUT2D eigenvalue weighted by molar-refractivity contribution is -0.115. The quantitative estimate of drug-likeness (QED) is 0.751. The minimum Gasteiger partial charge on any atom is -0.399 e. The Hall–Kier alpha value is -2.49. The van der Waals surface area contributed by atoms with Crippen LogP contribution in [-0.2, 0) is 4.79 Å². The lowest BCUT2D eigenvalue weighted by Crippen LogP contribution is -2.34. The molecular formula is C14H13N3O. The van der Waals surface area contributed by atoms with E-state index in [9.17, 15) is 4.79 Å². The van der Waals surface area contributed by atoms with Gasteiger partial charge in [0.25, 0.3) is 0 Å². The number of nitrogen functional groups attached to an aromatic ring is 1. The number of anilines is 4. The fourth-order valence-corrected chi connectivity index (χ4v) is 2.16. The van der Waals surface area contributed by atoms with Gasteiger partial charge in [0.05, 0.1) is 11.4 Å². The van der Waals surface area contributed by atoms with Gasteiger partial charge < -0.3 is 16.0 Å². The minimum atomic E-state index is -0.0175.